The lowest BCUT2D eigenvalue weighted by atomic mass is 10.1. The van der Waals surface area contributed by atoms with Crippen molar-refractivity contribution in [1.82, 2.24) is 0 Å². The standard InChI is InChI=1S/C16H19N/c1-13-9-11-16(12-10-13)17(3)14(2)15-7-5-4-6-8-15/h4-12,14H,1-3H3. The molecule has 88 valence electrons. The molecule has 17 heavy (non-hydrogen) atoms. The summed E-state index contributed by atoms with van der Waals surface area (Å²) >= 11 is 0. The van der Waals surface area contributed by atoms with E-state index in [1.165, 1.54) is 16.8 Å². The summed E-state index contributed by atoms with van der Waals surface area (Å²) in [6.07, 6.45) is 0. The first kappa shape index (κ1) is 11.7. The highest BCUT2D eigenvalue weighted by molar-refractivity contribution is 5.48. The van der Waals surface area contributed by atoms with Gasteiger partial charge in [-0.15, -0.1) is 0 Å². The molecule has 0 aromatic heterocycles. The first-order chi connectivity index (χ1) is 8.18. The van der Waals surface area contributed by atoms with Gasteiger partial charge in [0.15, 0.2) is 0 Å². The zero-order valence-corrected chi connectivity index (χ0v) is 10.7. The molecule has 0 amide bonds. The molecule has 0 aliphatic carbocycles. The monoisotopic (exact) mass is 225 g/mol. The minimum absolute atomic E-state index is 0.388. The van der Waals surface area contributed by atoms with Gasteiger partial charge < -0.3 is 4.90 Å². The molecule has 1 heteroatoms. The number of anilines is 1. The average molecular weight is 225 g/mol. The molecule has 0 bridgehead atoms. The molecule has 0 saturated heterocycles. The fourth-order valence-corrected chi connectivity index (χ4v) is 1.96. The highest BCUT2D eigenvalue weighted by atomic mass is 15.1. The predicted octanol–water partition coefficient (Wildman–Crippen LogP) is 4.19. The highest BCUT2D eigenvalue weighted by Crippen LogP contribution is 2.24. The van der Waals surface area contributed by atoms with Crippen molar-refractivity contribution in [1.29, 1.82) is 0 Å². The van der Waals surface area contributed by atoms with Gasteiger partial charge in [0.25, 0.3) is 0 Å². The molecule has 0 fully saturated rings. The second kappa shape index (κ2) is 5.05. The van der Waals surface area contributed by atoms with Crippen molar-refractivity contribution in [3.8, 4) is 0 Å². The number of aryl methyl sites for hydroxylation is 1. The largest absolute Gasteiger partial charge is 0.368 e. The molecule has 2 aromatic carbocycles. The maximum atomic E-state index is 2.30. The summed E-state index contributed by atoms with van der Waals surface area (Å²) in [5.74, 6) is 0. The quantitative estimate of drug-likeness (QED) is 0.757. The van der Waals surface area contributed by atoms with Crippen molar-refractivity contribution < 1.29 is 0 Å². The van der Waals surface area contributed by atoms with Crippen molar-refractivity contribution in [3.63, 3.8) is 0 Å². The molecular weight excluding hydrogens is 206 g/mol. The number of hydrogen-bond donors (Lipinski definition) is 0. The fourth-order valence-electron chi connectivity index (χ4n) is 1.96. The summed E-state index contributed by atoms with van der Waals surface area (Å²) in [4.78, 5) is 2.30. The predicted molar refractivity (Wildman–Crippen MR) is 74.4 cm³/mol. The summed E-state index contributed by atoms with van der Waals surface area (Å²) in [5, 5.41) is 0. The second-order valence-electron chi connectivity index (χ2n) is 4.53. The van der Waals surface area contributed by atoms with Crippen LogP contribution in [0.2, 0.25) is 0 Å². The minimum Gasteiger partial charge on any atom is -0.368 e. The van der Waals surface area contributed by atoms with Gasteiger partial charge in [-0.25, -0.2) is 0 Å². The highest BCUT2D eigenvalue weighted by Gasteiger charge is 2.11. The second-order valence-corrected chi connectivity index (χ2v) is 4.53. The summed E-state index contributed by atoms with van der Waals surface area (Å²) < 4.78 is 0. The Morgan fingerprint density at radius 3 is 2.06 bits per heavy atom. The van der Waals surface area contributed by atoms with Crippen LogP contribution in [0, 0.1) is 6.92 Å². The van der Waals surface area contributed by atoms with Gasteiger partial charge in [0, 0.05) is 12.7 Å². The molecule has 0 heterocycles. The van der Waals surface area contributed by atoms with E-state index in [-0.39, 0.29) is 0 Å². The number of nitrogens with zero attached hydrogens (tertiary/aromatic N) is 1. The van der Waals surface area contributed by atoms with Gasteiger partial charge >= 0.3 is 0 Å². The van der Waals surface area contributed by atoms with Crippen LogP contribution in [0.1, 0.15) is 24.1 Å². The topological polar surface area (TPSA) is 3.24 Å². The van der Waals surface area contributed by atoms with Crippen LogP contribution in [0.25, 0.3) is 0 Å². The van der Waals surface area contributed by atoms with Gasteiger partial charge in [0.1, 0.15) is 0 Å². The Balaban J connectivity index is 2.20. The molecule has 0 aliphatic heterocycles. The number of rotatable bonds is 3. The van der Waals surface area contributed by atoms with Gasteiger partial charge in [-0.05, 0) is 31.5 Å². The van der Waals surface area contributed by atoms with Crippen molar-refractivity contribution in [2.24, 2.45) is 0 Å². The smallest absolute Gasteiger partial charge is 0.0510 e. The molecule has 0 N–H and O–H groups in total. The van der Waals surface area contributed by atoms with Crippen molar-refractivity contribution in [3.05, 3.63) is 65.7 Å². The van der Waals surface area contributed by atoms with Crippen LogP contribution in [0.4, 0.5) is 5.69 Å². The van der Waals surface area contributed by atoms with E-state index in [1.807, 2.05) is 0 Å². The van der Waals surface area contributed by atoms with E-state index in [0.29, 0.717) is 6.04 Å². The number of hydrogen-bond acceptors (Lipinski definition) is 1. The van der Waals surface area contributed by atoms with E-state index in [2.05, 4.69) is 80.4 Å². The van der Waals surface area contributed by atoms with Gasteiger partial charge in [0.2, 0.25) is 0 Å². The van der Waals surface area contributed by atoms with Gasteiger partial charge in [-0.1, -0.05) is 48.0 Å². The summed E-state index contributed by atoms with van der Waals surface area (Å²) in [7, 11) is 2.14. The Labute approximate surface area is 104 Å². The zero-order chi connectivity index (χ0) is 12.3. The molecule has 1 nitrogen and oxygen atoms in total. The van der Waals surface area contributed by atoms with E-state index < -0.39 is 0 Å². The molecule has 0 radical (unpaired) electrons. The molecule has 0 spiro atoms. The summed E-state index contributed by atoms with van der Waals surface area (Å²) in [6.45, 7) is 4.35. The molecule has 0 aliphatic rings. The molecule has 0 saturated carbocycles. The van der Waals surface area contributed by atoms with Crippen LogP contribution in [-0.4, -0.2) is 7.05 Å². The Morgan fingerprint density at radius 2 is 1.47 bits per heavy atom. The molecule has 1 atom stereocenters. The molecular formula is C16H19N. The van der Waals surface area contributed by atoms with Crippen LogP contribution < -0.4 is 4.90 Å². The Hall–Kier alpha value is -1.76. The van der Waals surface area contributed by atoms with E-state index in [4.69, 9.17) is 0 Å². The fraction of sp³-hybridized carbons (Fsp3) is 0.250. The van der Waals surface area contributed by atoms with Gasteiger partial charge in [-0.2, -0.15) is 0 Å². The maximum Gasteiger partial charge on any atom is 0.0510 e. The summed E-state index contributed by atoms with van der Waals surface area (Å²) in [6, 6.07) is 19.6. The van der Waals surface area contributed by atoms with E-state index in [0.717, 1.165) is 0 Å². The lowest BCUT2D eigenvalue weighted by Crippen LogP contribution is -2.21. The summed E-state index contributed by atoms with van der Waals surface area (Å²) in [5.41, 5.74) is 3.90. The zero-order valence-electron chi connectivity index (χ0n) is 10.7. The lowest BCUT2D eigenvalue weighted by Gasteiger charge is -2.27. The van der Waals surface area contributed by atoms with Crippen molar-refractivity contribution in [2.45, 2.75) is 19.9 Å². The van der Waals surface area contributed by atoms with E-state index >= 15 is 0 Å². The molecule has 1 unspecified atom stereocenters. The third-order valence-corrected chi connectivity index (χ3v) is 3.30. The van der Waals surface area contributed by atoms with Crippen LogP contribution in [0.15, 0.2) is 54.6 Å². The SMILES string of the molecule is Cc1ccc(N(C)C(C)c2ccccc2)cc1. The third kappa shape index (κ3) is 2.68. The van der Waals surface area contributed by atoms with E-state index in [1.54, 1.807) is 0 Å². The Morgan fingerprint density at radius 1 is 0.882 bits per heavy atom. The maximum absolute atomic E-state index is 2.30. The Bertz CT molecular complexity index is 459. The van der Waals surface area contributed by atoms with E-state index in [9.17, 15) is 0 Å². The van der Waals surface area contributed by atoms with Crippen LogP contribution >= 0.6 is 0 Å². The normalized spacial score (nSPS) is 12.2. The van der Waals surface area contributed by atoms with Gasteiger partial charge in [-0.3, -0.25) is 0 Å². The van der Waals surface area contributed by atoms with Crippen LogP contribution in [-0.2, 0) is 0 Å². The first-order valence-electron chi connectivity index (χ1n) is 6.03. The molecule has 2 rings (SSSR count). The van der Waals surface area contributed by atoms with Crippen LogP contribution in [0.3, 0.4) is 0 Å². The van der Waals surface area contributed by atoms with Crippen LogP contribution in [0.5, 0.6) is 0 Å². The van der Waals surface area contributed by atoms with Crippen molar-refractivity contribution >= 4 is 5.69 Å². The lowest BCUT2D eigenvalue weighted by molar-refractivity contribution is 0.740. The minimum atomic E-state index is 0.388. The number of benzene rings is 2. The Kier molecular flexibility index (Phi) is 3.48. The van der Waals surface area contributed by atoms with Crippen molar-refractivity contribution in [2.75, 3.05) is 11.9 Å². The molecule has 2 aromatic rings. The van der Waals surface area contributed by atoms with Gasteiger partial charge in [0.05, 0.1) is 6.04 Å². The first-order valence-corrected chi connectivity index (χ1v) is 6.03. The average Bonchev–Trinajstić information content (AvgIpc) is 2.39. The third-order valence-electron chi connectivity index (χ3n) is 3.30.